The molecular formula is C24H27FN4O3S. The Bertz CT molecular complexity index is 1280. The van der Waals surface area contributed by atoms with E-state index in [1.54, 1.807) is 34.9 Å². The SMILES string of the molecule is CCc1ccc(N(CC(=O)N/N=C\c2cc(C)n(-c3ccccc3F)c2C)S(C)(=O)=O)cc1. The van der Waals surface area contributed by atoms with E-state index in [2.05, 4.69) is 10.5 Å². The molecule has 0 aliphatic heterocycles. The number of amides is 1. The summed E-state index contributed by atoms with van der Waals surface area (Å²) in [7, 11) is -3.67. The molecule has 33 heavy (non-hydrogen) atoms. The Balaban J connectivity index is 1.74. The highest BCUT2D eigenvalue weighted by Crippen LogP contribution is 2.22. The second-order valence-corrected chi connectivity index (χ2v) is 9.60. The predicted octanol–water partition coefficient (Wildman–Crippen LogP) is 3.71. The van der Waals surface area contributed by atoms with E-state index in [0.29, 0.717) is 16.9 Å². The number of rotatable bonds is 8. The van der Waals surface area contributed by atoms with E-state index in [4.69, 9.17) is 0 Å². The summed E-state index contributed by atoms with van der Waals surface area (Å²) < 4.78 is 41.5. The van der Waals surface area contributed by atoms with Crippen molar-refractivity contribution >= 4 is 27.8 Å². The van der Waals surface area contributed by atoms with Crippen LogP contribution in [0.25, 0.3) is 5.69 Å². The molecule has 0 fully saturated rings. The summed E-state index contributed by atoms with van der Waals surface area (Å²) in [5.74, 6) is -0.928. The number of nitrogens with zero attached hydrogens (tertiary/aromatic N) is 3. The maximum atomic E-state index is 14.2. The molecule has 0 saturated carbocycles. The monoisotopic (exact) mass is 470 g/mol. The third kappa shape index (κ3) is 5.67. The largest absolute Gasteiger partial charge is 0.315 e. The summed E-state index contributed by atoms with van der Waals surface area (Å²) in [5, 5.41) is 3.98. The van der Waals surface area contributed by atoms with Crippen molar-refractivity contribution in [3.05, 3.63) is 82.9 Å². The summed E-state index contributed by atoms with van der Waals surface area (Å²) in [5.41, 5.74) is 6.53. The molecule has 0 aliphatic carbocycles. The molecule has 0 saturated heterocycles. The molecule has 0 spiro atoms. The summed E-state index contributed by atoms with van der Waals surface area (Å²) >= 11 is 0. The molecule has 0 unspecified atom stereocenters. The molecule has 1 N–H and O–H groups in total. The van der Waals surface area contributed by atoms with Gasteiger partial charge in [-0.3, -0.25) is 9.10 Å². The number of para-hydroxylation sites is 1. The van der Waals surface area contributed by atoms with Crippen molar-refractivity contribution in [2.24, 2.45) is 5.10 Å². The fourth-order valence-corrected chi connectivity index (χ4v) is 4.42. The van der Waals surface area contributed by atoms with Gasteiger partial charge in [-0.1, -0.05) is 31.2 Å². The number of benzene rings is 2. The lowest BCUT2D eigenvalue weighted by Crippen LogP contribution is -2.39. The Kier molecular flexibility index (Phi) is 7.33. The minimum atomic E-state index is -3.67. The number of sulfonamides is 1. The number of anilines is 1. The molecule has 1 heterocycles. The molecule has 0 aliphatic rings. The van der Waals surface area contributed by atoms with Crippen molar-refractivity contribution in [1.82, 2.24) is 9.99 Å². The lowest BCUT2D eigenvalue weighted by Gasteiger charge is -2.21. The molecule has 3 rings (SSSR count). The highest BCUT2D eigenvalue weighted by atomic mass is 32.2. The van der Waals surface area contributed by atoms with Crippen LogP contribution in [0.3, 0.4) is 0 Å². The molecular weight excluding hydrogens is 443 g/mol. The first-order valence-electron chi connectivity index (χ1n) is 10.4. The number of carbonyl (C=O) groups excluding carboxylic acids is 1. The minimum Gasteiger partial charge on any atom is -0.315 e. The average molecular weight is 471 g/mol. The van der Waals surface area contributed by atoms with Crippen molar-refractivity contribution < 1.29 is 17.6 Å². The van der Waals surface area contributed by atoms with Gasteiger partial charge in [0.25, 0.3) is 5.91 Å². The van der Waals surface area contributed by atoms with Crippen molar-refractivity contribution in [1.29, 1.82) is 0 Å². The first-order chi connectivity index (χ1) is 15.6. The van der Waals surface area contributed by atoms with Crippen LogP contribution in [0.2, 0.25) is 0 Å². The third-order valence-corrected chi connectivity index (χ3v) is 6.42. The fourth-order valence-electron chi connectivity index (χ4n) is 3.56. The van der Waals surface area contributed by atoms with Crippen LogP contribution in [0.4, 0.5) is 10.1 Å². The van der Waals surface area contributed by atoms with E-state index in [9.17, 15) is 17.6 Å². The van der Waals surface area contributed by atoms with Gasteiger partial charge in [0.15, 0.2) is 0 Å². The maximum Gasteiger partial charge on any atom is 0.260 e. The van der Waals surface area contributed by atoms with Crippen molar-refractivity contribution in [3.8, 4) is 5.69 Å². The van der Waals surface area contributed by atoms with Crippen molar-refractivity contribution in [2.45, 2.75) is 27.2 Å². The summed E-state index contributed by atoms with van der Waals surface area (Å²) in [6.45, 7) is 5.27. The van der Waals surface area contributed by atoms with Gasteiger partial charge in [0.1, 0.15) is 12.4 Å². The highest BCUT2D eigenvalue weighted by Gasteiger charge is 2.20. The summed E-state index contributed by atoms with van der Waals surface area (Å²) in [6, 6.07) is 15.3. The number of aryl methyl sites for hydroxylation is 2. The quantitative estimate of drug-likeness (QED) is 0.402. The molecule has 0 atom stereocenters. The Morgan fingerprint density at radius 3 is 2.42 bits per heavy atom. The summed E-state index contributed by atoms with van der Waals surface area (Å²) in [6.07, 6.45) is 3.33. The molecule has 1 aromatic heterocycles. The number of hydrogen-bond acceptors (Lipinski definition) is 4. The van der Waals surface area contributed by atoms with Crippen LogP contribution >= 0.6 is 0 Å². The molecule has 7 nitrogen and oxygen atoms in total. The zero-order valence-corrected chi connectivity index (χ0v) is 19.9. The van der Waals surface area contributed by atoms with Gasteiger partial charge in [0.05, 0.1) is 23.8 Å². The zero-order chi connectivity index (χ0) is 24.2. The van der Waals surface area contributed by atoms with Gasteiger partial charge in [0.2, 0.25) is 10.0 Å². The van der Waals surface area contributed by atoms with Gasteiger partial charge in [-0.15, -0.1) is 0 Å². The second kappa shape index (κ2) is 9.99. The van der Waals surface area contributed by atoms with Crippen LogP contribution in [0.1, 0.15) is 29.4 Å². The number of halogens is 1. The smallest absolute Gasteiger partial charge is 0.260 e. The molecule has 3 aromatic rings. The van der Waals surface area contributed by atoms with Crippen molar-refractivity contribution in [3.63, 3.8) is 0 Å². The Morgan fingerprint density at radius 1 is 1.15 bits per heavy atom. The molecule has 2 aromatic carbocycles. The van der Waals surface area contributed by atoms with Gasteiger partial charge < -0.3 is 4.57 Å². The Morgan fingerprint density at radius 2 is 1.82 bits per heavy atom. The van der Waals surface area contributed by atoms with Gasteiger partial charge in [-0.05, 0) is 56.2 Å². The molecule has 174 valence electrons. The highest BCUT2D eigenvalue weighted by molar-refractivity contribution is 7.92. The second-order valence-electron chi connectivity index (χ2n) is 7.70. The topological polar surface area (TPSA) is 83.8 Å². The summed E-state index contributed by atoms with van der Waals surface area (Å²) in [4.78, 5) is 12.4. The van der Waals surface area contributed by atoms with Crippen LogP contribution in [-0.4, -0.2) is 37.9 Å². The first kappa shape index (κ1) is 24.2. The van der Waals surface area contributed by atoms with E-state index < -0.39 is 22.5 Å². The fraction of sp³-hybridized carbons (Fsp3) is 0.250. The standard InChI is InChI=1S/C24H27FN4O3S/c1-5-19-10-12-21(13-11-19)28(33(4,31)32)16-24(30)27-26-15-20-14-17(2)29(18(20)3)23-9-7-6-8-22(23)25/h6-15H,5,16H2,1-4H3,(H,27,30)/b26-15-. The van der Waals surface area contributed by atoms with Crippen LogP contribution in [0, 0.1) is 19.7 Å². The number of carbonyl (C=O) groups is 1. The number of hydrogen-bond donors (Lipinski definition) is 1. The van der Waals surface area contributed by atoms with Crippen LogP contribution in [-0.2, 0) is 21.2 Å². The normalized spacial score (nSPS) is 11.7. The molecule has 1 amide bonds. The maximum absolute atomic E-state index is 14.2. The minimum absolute atomic E-state index is 0.344. The molecule has 0 radical (unpaired) electrons. The van der Waals surface area contributed by atoms with E-state index in [-0.39, 0.29) is 5.82 Å². The van der Waals surface area contributed by atoms with E-state index in [1.807, 2.05) is 39.0 Å². The Labute approximate surface area is 193 Å². The van der Waals surface area contributed by atoms with Gasteiger partial charge in [0, 0.05) is 17.0 Å². The van der Waals surface area contributed by atoms with Gasteiger partial charge in [-0.25, -0.2) is 18.2 Å². The number of aromatic nitrogens is 1. The number of hydrazone groups is 1. The van der Waals surface area contributed by atoms with Crippen LogP contribution in [0.5, 0.6) is 0 Å². The van der Waals surface area contributed by atoms with E-state index >= 15 is 0 Å². The lowest BCUT2D eigenvalue weighted by atomic mass is 10.1. The van der Waals surface area contributed by atoms with Crippen LogP contribution < -0.4 is 9.73 Å². The Hall–Kier alpha value is -3.46. The average Bonchev–Trinajstić information content (AvgIpc) is 3.05. The zero-order valence-electron chi connectivity index (χ0n) is 19.0. The van der Waals surface area contributed by atoms with Gasteiger partial charge in [-0.2, -0.15) is 5.10 Å². The first-order valence-corrected chi connectivity index (χ1v) is 12.3. The molecule has 0 bridgehead atoms. The molecule has 9 heteroatoms. The van der Waals surface area contributed by atoms with Crippen LogP contribution in [0.15, 0.2) is 59.7 Å². The lowest BCUT2D eigenvalue weighted by molar-refractivity contribution is -0.119. The third-order valence-electron chi connectivity index (χ3n) is 5.28. The van der Waals surface area contributed by atoms with Crippen molar-refractivity contribution in [2.75, 3.05) is 17.1 Å². The van der Waals surface area contributed by atoms with Gasteiger partial charge >= 0.3 is 0 Å². The van der Waals surface area contributed by atoms with E-state index in [1.165, 1.54) is 12.3 Å². The van der Waals surface area contributed by atoms with E-state index in [0.717, 1.165) is 33.9 Å². The predicted molar refractivity (Wildman–Crippen MR) is 129 cm³/mol. The number of nitrogens with one attached hydrogen (secondary N) is 1.